The average Bonchev–Trinajstić information content (AvgIpc) is 3.09. The molecular weight excluding hydrogens is 596 g/mol. The van der Waals surface area contributed by atoms with E-state index in [1.165, 1.54) is 57.8 Å². The van der Waals surface area contributed by atoms with Crippen LogP contribution in [0.5, 0.6) is 0 Å². The third kappa shape index (κ3) is 36.2. The van der Waals surface area contributed by atoms with Crippen LogP contribution in [-0.2, 0) is 19.1 Å². The number of rotatable bonds is 34. The Labute approximate surface area is 295 Å². The summed E-state index contributed by atoms with van der Waals surface area (Å²) in [6.45, 7) is 3.96. The molecule has 0 aromatic heterocycles. The van der Waals surface area contributed by atoms with Crippen LogP contribution in [0.4, 0.5) is 0 Å². The lowest BCUT2D eigenvalue weighted by atomic mass is 10.1. The van der Waals surface area contributed by atoms with Crippen molar-refractivity contribution in [3.63, 3.8) is 0 Å². The predicted molar refractivity (Wildman–Crippen MR) is 205 cm³/mol. The van der Waals surface area contributed by atoms with Gasteiger partial charge in [-0.1, -0.05) is 145 Å². The van der Waals surface area contributed by atoms with Gasteiger partial charge in [0, 0.05) is 12.8 Å². The number of esters is 2. The zero-order valence-electron chi connectivity index (χ0n) is 31.0. The van der Waals surface area contributed by atoms with Gasteiger partial charge in [-0.2, -0.15) is 0 Å². The Morgan fingerprint density at radius 2 is 0.896 bits per heavy atom. The molecule has 0 rings (SSSR count). The van der Waals surface area contributed by atoms with Crippen molar-refractivity contribution in [3.8, 4) is 0 Å². The van der Waals surface area contributed by atoms with Crippen molar-refractivity contribution in [3.05, 3.63) is 72.9 Å². The molecule has 0 aliphatic carbocycles. The molecule has 0 bridgehead atoms. The first-order valence-corrected chi connectivity index (χ1v) is 19.5. The van der Waals surface area contributed by atoms with E-state index in [0.29, 0.717) is 12.8 Å². The minimum Gasteiger partial charge on any atom is -0.462 e. The van der Waals surface area contributed by atoms with Crippen molar-refractivity contribution < 1.29 is 24.2 Å². The number of unbranched alkanes of at least 4 members (excludes halogenated alkanes) is 14. The molecule has 1 atom stereocenters. The molecule has 0 radical (unpaired) electrons. The summed E-state index contributed by atoms with van der Waals surface area (Å²) in [6, 6.07) is 0. The molecule has 274 valence electrons. The summed E-state index contributed by atoms with van der Waals surface area (Å²) in [7, 11) is 0. The molecule has 0 aliphatic rings. The summed E-state index contributed by atoms with van der Waals surface area (Å²) in [4.78, 5) is 24.2. The van der Waals surface area contributed by atoms with Crippen LogP contribution in [0, 0.1) is 0 Å². The first-order chi connectivity index (χ1) is 23.6. The molecule has 0 saturated heterocycles. The van der Waals surface area contributed by atoms with Gasteiger partial charge in [-0.15, -0.1) is 0 Å². The van der Waals surface area contributed by atoms with Crippen molar-refractivity contribution in [2.45, 2.75) is 174 Å². The monoisotopic (exact) mass is 669 g/mol. The standard InChI is InChI=1S/C43H72O5/c1-3-5-7-9-11-13-15-17-18-19-20-21-22-23-24-26-28-30-32-34-36-38-43(46)48-41(39-44)40-47-42(45)37-35-33-31-29-27-25-16-14-12-10-8-6-4-2/h6,8,12,14-15,17,19-20,22-23,25,27,41,44H,3-5,7,9-11,13,16,18,21,24,26,28-40H2,1-2H3/b8-6-,14-12-,17-15-,20-19-,23-22-,27-25-. The van der Waals surface area contributed by atoms with Gasteiger partial charge in [0.15, 0.2) is 6.10 Å². The van der Waals surface area contributed by atoms with Crippen molar-refractivity contribution >= 4 is 11.9 Å². The number of aliphatic hydroxyl groups is 1. The van der Waals surface area contributed by atoms with Gasteiger partial charge in [-0.25, -0.2) is 0 Å². The lowest BCUT2D eigenvalue weighted by molar-refractivity contribution is -0.161. The second-order valence-electron chi connectivity index (χ2n) is 12.6. The number of carbonyl (C=O) groups is 2. The molecule has 5 nitrogen and oxygen atoms in total. The van der Waals surface area contributed by atoms with Gasteiger partial charge in [-0.05, 0) is 83.5 Å². The molecule has 1 unspecified atom stereocenters. The number of aliphatic hydroxyl groups excluding tert-OH is 1. The number of ether oxygens (including phenoxy) is 2. The fourth-order valence-corrected chi connectivity index (χ4v) is 5.04. The molecule has 48 heavy (non-hydrogen) atoms. The van der Waals surface area contributed by atoms with Gasteiger partial charge in [-0.3, -0.25) is 9.59 Å². The summed E-state index contributed by atoms with van der Waals surface area (Å²) in [5.74, 6) is -0.647. The summed E-state index contributed by atoms with van der Waals surface area (Å²) in [5, 5.41) is 9.54. The van der Waals surface area contributed by atoms with Gasteiger partial charge in [0.25, 0.3) is 0 Å². The van der Waals surface area contributed by atoms with Crippen molar-refractivity contribution in [2.24, 2.45) is 0 Å². The first-order valence-electron chi connectivity index (χ1n) is 19.5. The molecule has 0 aromatic carbocycles. The quantitative estimate of drug-likeness (QED) is 0.0420. The number of hydrogen-bond donors (Lipinski definition) is 1. The fraction of sp³-hybridized carbons (Fsp3) is 0.674. The SMILES string of the molecule is CC/C=C\C/C=C\C/C=C\CCCCCC(=O)OCC(CO)OC(=O)CCCCCCCC/C=C\C/C=C\C/C=C\CCCCCCC. The lowest BCUT2D eigenvalue weighted by Crippen LogP contribution is -2.28. The third-order valence-corrected chi connectivity index (χ3v) is 7.98. The zero-order valence-corrected chi connectivity index (χ0v) is 31.0. The maximum Gasteiger partial charge on any atom is 0.306 e. The number of allylic oxidation sites excluding steroid dienone is 12. The molecular formula is C43H72O5. The van der Waals surface area contributed by atoms with Crippen LogP contribution in [0.15, 0.2) is 72.9 Å². The zero-order chi connectivity index (χ0) is 35.0. The van der Waals surface area contributed by atoms with Crippen LogP contribution in [0.25, 0.3) is 0 Å². The van der Waals surface area contributed by atoms with Gasteiger partial charge in [0.1, 0.15) is 6.61 Å². The van der Waals surface area contributed by atoms with Crippen molar-refractivity contribution in [1.82, 2.24) is 0 Å². The minimum atomic E-state index is -0.793. The van der Waals surface area contributed by atoms with Crippen LogP contribution < -0.4 is 0 Å². The normalized spacial score (nSPS) is 13.0. The van der Waals surface area contributed by atoms with E-state index >= 15 is 0 Å². The predicted octanol–water partition coefficient (Wildman–Crippen LogP) is 12.2. The van der Waals surface area contributed by atoms with Gasteiger partial charge in [0.05, 0.1) is 6.61 Å². The highest BCUT2D eigenvalue weighted by molar-refractivity contribution is 5.70. The van der Waals surface area contributed by atoms with Crippen LogP contribution in [0.1, 0.15) is 168 Å². The second-order valence-corrected chi connectivity index (χ2v) is 12.6. The van der Waals surface area contributed by atoms with E-state index in [9.17, 15) is 14.7 Å². The number of carbonyl (C=O) groups excluding carboxylic acids is 2. The van der Waals surface area contributed by atoms with E-state index < -0.39 is 6.10 Å². The molecule has 0 saturated carbocycles. The Morgan fingerprint density at radius 3 is 1.38 bits per heavy atom. The van der Waals surface area contributed by atoms with E-state index in [0.717, 1.165) is 83.5 Å². The van der Waals surface area contributed by atoms with Crippen LogP contribution in [-0.4, -0.2) is 36.4 Å². The van der Waals surface area contributed by atoms with Gasteiger partial charge >= 0.3 is 11.9 Å². The summed E-state index contributed by atoms with van der Waals surface area (Å²) >= 11 is 0. The van der Waals surface area contributed by atoms with Crippen molar-refractivity contribution in [2.75, 3.05) is 13.2 Å². The molecule has 0 spiro atoms. The minimum absolute atomic E-state index is 0.0903. The second kappa shape index (κ2) is 38.8. The Morgan fingerprint density at radius 1 is 0.500 bits per heavy atom. The summed E-state index contributed by atoms with van der Waals surface area (Å²) in [6.07, 6.45) is 51.0. The first kappa shape index (κ1) is 45.3. The van der Waals surface area contributed by atoms with E-state index in [-0.39, 0.29) is 25.2 Å². The number of hydrogen-bond acceptors (Lipinski definition) is 5. The smallest absolute Gasteiger partial charge is 0.306 e. The van der Waals surface area contributed by atoms with E-state index in [2.05, 4.69) is 86.8 Å². The van der Waals surface area contributed by atoms with Gasteiger partial charge < -0.3 is 14.6 Å². The highest BCUT2D eigenvalue weighted by atomic mass is 16.6. The highest BCUT2D eigenvalue weighted by Crippen LogP contribution is 2.11. The molecule has 0 aromatic rings. The van der Waals surface area contributed by atoms with Crippen molar-refractivity contribution in [1.29, 1.82) is 0 Å². The molecule has 0 heterocycles. The van der Waals surface area contributed by atoms with Crippen LogP contribution in [0.3, 0.4) is 0 Å². The average molecular weight is 669 g/mol. The summed E-state index contributed by atoms with van der Waals surface area (Å²) < 4.78 is 10.6. The Balaban J connectivity index is 3.65. The van der Waals surface area contributed by atoms with E-state index in [1.807, 2.05) is 0 Å². The molecule has 0 fully saturated rings. The Bertz CT molecular complexity index is 895. The van der Waals surface area contributed by atoms with E-state index in [1.54, 1.807) is 0 Å². The highest BCUT2D eigenvalue weighted by Gasteiger charge is 2.16. The third-order valence-electron chi connectivity index (χ3n) is 7.98. The topological polar surface area (TPSA) is 72.8 Å². The molecule has 1 N–H and O–H groups in total. The molecule has 0 amide bonds. The Kier molecular flexibility index (Phi) is 36.6. The maximum atomic E-state index is 12.2. The van der Waals surface area contributed by atoms with Gasteiger partial charge in [0.2, 0.25) is 0 Å². The Hall–Kier alpha value is -2.66. The lowest BCUT2D eigenvalue weighted by Gasteiger charge is -2.15. The maximum absolute atomic E-state index is 12.2. The summed E-state index contributed by atoms with van der Waals surface area (Å²) in [5.41, 5.74) is 0. The molecule has 0 aliphatic heterocycles. The van der Waals surface area contributed by atoms with Crippen LogP contribution >= 0.6 is 0 Å². The van der Waals surface area contributed by atoms with Crippen LogP contribution in [0.2, 0.25) is 0 Å². The van der Waals surface area contributed by atoms with E-state index in [4.69, 9.17) is 9.47 Å². The molecule has 5 heteroatoms. The largest absolute Gasteiger partial charge is 0.462 e. The fourth-order valence-electron chi connectivity index (χ4n) is 5.04.